The molecule has 5 rings (SSSR count). The lowest BCUT2D eigenvalue weighted by Crippen LogP contribution is -2.31. The van der Waals surface area contributed by atoms with Crippen LogP contribution in [0.5, 0.6) is 11.5 Å². The third-order valence-corrected chi connectivity index (χ3v) is 8.63. The van der Waals surface area contributed by atoms with E-state index in [2.05, 4.69) is 19.1 Å². The summed E-state index contributed by atoms with van der Waals surface area (Å²) in [5.74, 6) is 0.891. The van der Waals surface area contributed by atoms with E-state index in [1.165, 1.54) is 4.90 Å². The van der Waals surface area contributed by atoms with Gasteiger partial charge in [0, 0.05) is 7.05 Å². The molecule has 5 aromatic rings. The number of likely N-dealkylation sites (N-methyl/N-ethyl adjacent to an activating group) is 1. The van der Waals surface area contributed by atoms with Crippen LogP contribution in [0.3, 0.4) is 0 Å². The molecule has 8 nitrogen and oxygen atoms in total. The van der Waals surface area contributed by atoms with Crippen LogP contribution < -0.4 is 9.26 Å². The van der Waals surface area contributed by atoms with E-state index in [0.717, 1.165) is 45.4 Å². The molecule has 0 saturated heterocycles. The monoisotopic (exact) mass is 707 g/mol. The van der Waals surface area contributed by atoms with Crippen LogP contribution in [0.4, 0.5) is 4.79 Å². The lowest BCUT2D eigenvalue weighted by atomic mass is 9.88. The van der Waals surface area contributed by atoms with E-state index >= 15 is 0 Å². The van der Waals surface area contributed by atoms with Crippen molar-refractivity contribution in [1.29, 1.82) is 0 Å². The van der Waals surface area contributed by atoms with Crippen LogP contribution in [0, 0.1) is 0 Å². The van der Waals surface area contributed by atoms with Crippen molar-refractivity contribution in [3.05, 3.63) is 167 Å². The highest BCUT2D eigenvalue weighted by Gasteiger charge is 2.23. The molecule has 0 aliphatic carbocycles. The zero-order chi connectivity index (χ0) is 36.5. The van der Waals surface area contributed by atoms with Gasteiger partial charge in [0.05, 0.1) is 13.2 Å². The van der Waals surface area contributed by atoms with Crippen LogP contribution in [0.25, 0.3) is 11.1 Å². The molecule has 0 aromatic heterocycles. The summed E-state index contributed by atoms with van der Waals surface area (Å²) in [5, 5.41) is 0. The Labute approximate surface area is 301 Å². The number of benzene rings is 5. The van der Waals surface area contributed by atoms with Crippen LogP contribution >= 0.6 is 7.82 Å². The van der Waals surface area contributed by atoms with Gasteiger partial charge in [0.25, 0.3) is 0 Å². The first kappa shape index (κ1) is 38.7. The molecule has 0 spiro atoms. The third-order valence-electron chi connectivity index (χ3n) is 7.73. The minimum absolute atomic E-state index is 0.0474. The quantitative estimate of drug-likeness (QED) is 0.0855. The molecular formula is C42H46NO7P. The van der Waals surface area contributed by atoms with Crippen molar-refractivity contribution in [2.24, 2.45) is 0 Å². The van der Waals surface area contributed by atoms with Gasteiger partial charge in [-0.1, -0.05) is 136 Å². The van der Waals surface area contributed by atoms with Crippen LogP contribution in [0.2, 0.25) is 0 Å². The van der Waals surface area contributed by atoms with E-state index in [9.17, 15) is 14.3 Å². The second kappa shape index (κ2) is 19.9. The zero-order valence-electron chi connectivity index (χ0n) is 29.6. The molecule has 266 valence electrons. The topological polar surface area (TPSA) is 94.5 Å². The number of hydrogen-bond acceptors (Lipinski definition) is 6. The lowest BCUT2D eigenvalue weighted by molar-refractivity contribution is 0.0994. The van der Waals surface area contributed by atoms with Crippen LogP contribution in [-0.4, -0.2) is 36.1 Å². The van der Waals surface area contributed by atoms with Gasteiger partial charge in [-0.3, -0.25) is 9.42 Å². The van der Waals surface area contributed by atoms with E-state index in [0.29, 0.717) is 18.9 Å². The van der Waals surface area contributed by atoms with E-state index < -0.39 is 13.9 Å². The average molecular weight is 708 g/mol. The zero-order valence-corrected chi connectivity index (χ0v) is 30.5. The number of nitrogens with zero attached hydrogens (tertiary/aromatic N) is 1. The van der Waals surface area contributed by atoms with E-state index in [-0.39, 0.29) is 19.0 Å². The molecule has 0 fully saturated rings. The first-order chi connectivity index (χ1) is 24.8. The fraction of sp³-hybridized carbons (Fsp3) is 0.214. The Morgan fingerprint density at radius 2 is 1.16 bits per heavy atom. The summed E-state index contributed by atoms with van der Waals surface area (Å²) in [4.78, 5) is 24.2. The summed E-state index contributed by atoms with van der Waals surface area (Å²) in [6, 6.07) is 43.8. The summed E-state index contributed by atoms with van der Waals surface area (Å²) < 4.78 is 34.6. The predicted molar refractivity (Wildman–Crippen MR) is 203 cm³/mol. The van der Waals surface area contributed by atoms with Crippen LogP contribution in [0.15, 0.2) is 140 Å². The molecule has 1 unspecified atom stereocenters. The van der Waals surface area contributed by atoms with Crippen LogP contribution in [-0.2, 0) is 27.0 Å². The fourth-order valence-corrected chi connectivity index (χ4v) is 5.94. The number of carbonyl (C=O) groups excluding carboxylic acids is 1. The van der Waals surface area contributed by atoms with Crippen molar-refractivity contribution >= 4 is 25.1 Å². The number of phosphoric ester groups is 1. The smallest absolute Gasteiger partial charge is 0.492 e. The van der Waals surface area contributed by atoms with E-state index in [1.54, 1.807) is 19.2 Å². The van der Waals surface area contributed by atoms with Crippen molar-refractivity contribution in [2.75, 3.05) is 20.2 Å². The molecule has 1 atom stereocenters. The Balaban J connectivity index is 0.00000286. The van der Waals surface area contributed by atoms with Gasteiger partial charge in [-0.05, 0) is 69.6 Å². The highest BCUT2D eigenvalue weighted by atomic mass is 31.2. The van der Waals surface area contributed by atoms with Crippen molar-refractivity contribution in [3.63, 3.8) is 0 Å². The van der Waals surface area contributed by atoms with Gasteiger partial charge in [0.2, 0.25) is 0 Å². The van der Waals surface area contributed by atoms with Gasteiger partial charge < -0.3 is 18.9 Å². The molecule has 1 amide bonds. The Bertz CT molecular complexity index is 1850. The highest BCUT2D eigenvalue weighted by Crippen LogP contribution is 2.45. The highest BCUT2D eigenvalue weighted by molar-refractivity contribution is 7.47. The number of ether oxygens (including phenoxy) is 2. The third kappa shape index (κ3) is 12.0. The van der Waals surface area contributed by atoms with E-state index in [1.807, 2.05) is 129 Å². The molecule has 0 heterocycles. The number of amides is 1. The number of hydrogen-bond donors (Lipinski definition) is 1. The van der Waals surface area contributed by atoms with Gasteiger partial charge in [-0.25, -0.2) is 9.36 Å². The molecule has 0 saturated carbocycles. The summed E-state index contributed by atoms with van der Waals surface area (Å²) in [7, 11) is -2.67. The largest absolute Gasteiger partial charge is 0.527 e. The lowest BCUT2D eigenvalue weighted by Gasteiger charge is -2.19. The first-order valence-electron chi connectivity index (χ1n) is 17.1. The number of rotatable bonds is 15. The van der Waals surface area contributed by atoms with Crippen molar-refractivity contribution in [1.82, 2.24) is 4.90 Å². The normalized spacial score (nSPS) is 12.3. The van der Waals surface area contributed by atoms with Gasteiger partial charge in [-0.15, -0.1) is 0 Å². The maximum atomic E-state index is 12.7. The fourth-order valence-electron chi connectivity index (χ4n) is 5.19. The van der Waals surface area contributed by atoms with Gasteiger partial charge in [-0.2, -0.15) is 0 Å². The molecule has 5 aromatic carbocycles. The van der Waals surface area contributed by atoms with Crippen LogP contribution in [0.1, 0.15) is 55.0 Å². The number of phosphoric acid groups is 1. The standard InChI is InChI=1S/C40H40NO7P.C2H6/c1-3-38(33-17-11-6-12-18-33)39(35-21-25-37(26-22-35)48-49(43,44)47-30-32-15-9-5-10-16-32)34-19-23-36(24-20-34)45-28-27-41(2)40(42)46-29-31-13-7-4-8-14-31;1-2/h4-26H,3,27-30H2,1-2H3,(H,43,44);1-2H3/b39-38+;. The van der Waals surface area contributed by atoms with Crippen molar-refractivity contribution < 1.29 is 32.8 Å². The Hall–Kier alpha value is -5.14. The average Bonchev–Trinajstić information content (AvgIpc) is 3.18. The van der Waals surface area contributed by atoms with Gasteiger partial charge in [0.15, 0.2) is 0 Å². The van der Waals surface area contributed by atoms with Gasteiger partial charge >= 0.3 is 13.9 Å². The summed E-state index contributed by atoms with van der Waals surface area (Å²) in [5.41, 5.74) is 6.82. The molecule has 9 heteroatoms. The summed E-state index contributed by atoms with van der Waals surface area (Å²) >= 11 is 0. The maximum Gasteiger partial charge on any atom is 0.527 e. The molecule has 0 bridgehead atoms. The molecule has 0 aliphatic heterocycles. The Morgan fingerprint density at radius 3 is 1.69 bits per heavy atom. The van der Waals surface area contributed by atoms with Crippen molar-refractivity contribution in [2.45, 2.75) is 40.4 Å². The minimum Gasteiger partial charge on any atom is -0.492 e. The molecule has 51 heavy (non-hydrogen) atoms. The Kier molecular flexibility index (Phi) is 15.1. The second-order valence-electron chi connectivity index (χ2n) is 11.3. The Morgan fingerprint density at radius 1 is 0.667 bits per heavy atom. The maximum absolute atomic E-state index is 12.7. The van der Waals surface area contributed by atoms with E-state index in [4.69, 9.17) is 18.5 Å². The second-order valence-corrected chi connectivity index (χ2v) is 12.6. The number of carbonyl (C=O) groups is 1. The SMILES string of the molecule is CC.CC/C(=C(/c1ccc(OCCN(C)C(=O)OCc2ccccc2)cc1)c1ccc(OP(=O)(O)OCc2ccccc2)cc1)c1ccccc1. The first-order valence-corrected chi connectivity index (χ1v) is 18.6. The summed E-state index contributed by atoms with van der Waals surface area (Å²) in [6.07, 6.45) is 0.352. The molecular weight excluding hydrogens is 661 g/mol. The predicted octanol–water partition coefficient (Wildman–Crippen LogP) is 10.4. The molecule has 0 radical (unpaired) electrons. The van der Waals surface area contributed by atoms with Gasteiger partial charge in [0.1, 0.15) is 24.7 Å². The number of allylic oxidation sites excluding steroid dienone is 1. The summed E-state index contributed by atoms with van der Waals surface area (Å²) in [6.45, 7) is 6.94. The molecule has 1 N–H and O–H groups in total. The minimum atomic E-state index is -4.35. The molecule has 0 aliphatic rings. The van der Waals surface area contributed by atoms with Crippen molar-refractivity contribution in [3.8, 4) is 11.5 Å².